The molecule has 0 saturated heterocycles. The Hall–Kier alpha value is -0.210. The largest absolute Gasteiger partial charge is 0.374 e. The van der Waals surface area contributed by atoms with Crippen LogP contribution in [-0.2, 0) is 0 Å². The molecule has 0 fully saturated rings. The third-order valence-corrected chi connectivity index (χ3v) is 1.64. The maximum absolute atomic E-state index is 5.73. The molecule has 64 valence electrons. The van der Waals surface area contributed by atoms with Gasteiger partial charge in [0.2, 0.25) is 0 Å². The zero-order valence-electron chi connectivity index (χ0n) is 6.48. The Balaban J connectivity index is 3.49. The minimum Gasteiger partial charge on any atom is -0.374 e. The molecule has 0 aromatic heterocycles. The second-order valence-electron chi connectivity index (χ2n) is 2.00. The first-order valence-electron chi connectivity index (χ1n) is 3.46. The normalized spacial score (nSPS) is 13.7. The van der Waals surface area contributed by atoms with Gasteiger partial charge in [0, 0.05) is 11.6 Å². The number of hydrogen-bond acceptors (Lipinski definition) is 1. The van der Waals surface area contributed by atoms with Crippen LogP contribution < -0.4 is 5.73 Å². The Kier molecular flexibility index (Phi) is 6.37. The van der Waals surface area contributed by atoms with Gasteiger partial charge in [-0.15, -0.1) is 0 Å². The van der Waals surface area contributed by atoms with Crippen LogP contribution in [0.25, 0.3) is 0 Å². The van der Waals surface area contributed by atoms with Gasteiger partial charge in [0.05, 0.1) is 0 Å². The minimum absolute atomic E-state index is 0.103. The summed E-state index contributed by atoms with van der Waals surface area (Å²) in [6, 6.07) is 0. The number of nitrogens with two attached hydrogens (primary N) is 1. The summed E-state index contributed by atoms with van der Waals surface area (Å²) in [5.74, 6) is 0. The summed E-state index contributed by atoms with van der Waals surface area (Å²) in [6.45, 7) is 2.60. The Morgan fingerprint density at radius 2 is 2.18 bits per heavy atom. The first-order chi connectivity index (χ1) is 5.16. The summed E-state index contributed by atoms with van der Waals surface area (Å²) in [5.41, 5.74) is 5.10. The van der Waals surface area contributed by atoms with Crippen molar-refractivity contribution in [2.24, 2.45) is 10.7 Å². The summed E-state index contributed by atoms with van der Waals surface area (Å²) in [5, 5.41) is 0.958. The van der Waals surface area contributed by atoms with Crippen LogP contribution in [0.2, 0.25) is 0 Å². The van der Waals surface area contributed by atoms with E-state index in [1.165, 1.54) is 0 Å². The monoisotopic (exact) mass is 194 g/mol. The van der Waals surface area contributed by atoms with Crippen molar-refractivity contribution in [3.63, 3.8) is 0 Å². The van der Waals surface area contributed by atoms with Crippen molar-refractivity contribution in [1.82, 2.24) is 0 Å². The van der Waals surface area contributed by atoms with Crippen molar-refractivity contribution < 1.29 is 0 Å². The van der Waals surface area contributed by atoms with Crippen molar-refractivity contribution in [1.29, 1.82) is 0 Å². The molecule has 0 heterocycles. The van der Waals surface area contributed by atoms with E-state index in [-0.39, 0.29) is 5.29 Å². The molecule has 0 spiro atoms. The number of aliphatic imine (C=N–C) groups is 1. The molecule has 0 saturated carbocycles. The van der Waals surface area contributed by atoms with Crippen molar-refractivity contribution >= 4 is 28.5 Å². The lowest BCUT2D eigenvalue weighted by atomic mass is 10.3. The summed E-state index contributed by atoms with van der Waals surface area (Å²) in [7, 11) is 0. The third-order valence-electron chi connectivity index (χ3n) is 1.10. The van der Waals surface area contributed by atoms with Gasteiger partial charge in [0.15, 0.2) is 5.29 Å². The van der Waals surface area contributed by atoms with Crippen LogP contribution in [0.1, 0.15) is 19.8 Å². The lowest BCUT2D eigenvalue weighted by molar-refractivity contribution is 0.994. The van der Waals surface area contributed by atoms with Crippen LogP contribution >= 0.6 is 23.2 Å². The molecule has 0 aromatic rings. The van der Waals surface area contributed by atoms with E-state index in [2.05, 4.69) is 4.99 Å². The highest BCUT2D eigenvalue weighted by Gasteiger charge is 1.86. The lowest BCUT2D eigenvalue weighted by Crippen LogP contribution is -2.02. The molecule has 0 amide bonds. The molecule has 2 nitrogen and oxygen atoms in total. The topological polar surface area (TPSA) is 38.4 Å². The van der Waals surface area contributed by atoms with Crippen molar-refractivity contribution in [3.05, 3.63) is 11.1 Å². The number of allylic oxidation sites excluding steroid dienone is 1. The van der Waals surface area contributed by atoms with E-state index in [1.807, 2.05) is 13.0 Å². The van der Waals surface area contributed by atoms with Gasteiger partial charge in [-0.3, -0.25) is 4.99 Å². The van der Waals surface area contributed by atoms with Crippen LogP contribution in [0.15, 0.2) is 16.1 Å². The van der Waals surface area contributed by atoms with E-state index < -0.39 is 0 Å². The first kappa shape index (κ1) is 10.8. The van der Waals surface area contributed by atoms with E-state index in [1.54, 1.807) is 0 Å². The number of amidine groups is 1. The zero-order valence-corrected chi connectivity index (χ0v) is 7.99. The summed E-state index contributed by atoms with van der Waals surface area (Å²) < 4.78 is 0. The van der Waals surface area contributed by atoms with Gasteiger partial charge < -0.3 is 5.73 Å². The predicted octanol–water partition coefficient (Wildman–Crippen LogP) is 2.46. The number of halogens is 2. The number of nitrogens with zero attached hydrogens (tertiary/aromatic N) is 1. The molecule has 0 aliphatic rings. The second-order valence-corrected chi connectivity index (χ2v) is 2.87. The van der Waals surface area contributed by atoms with Crippen LogP contribution in [0, 0.1) is 0 Å². The van der Waals surface area contributed by atoms with E-state index >= 15 is 0 Å². The summed E-state index contributed by atoms with van der Waals surface area (Å²) in [4.78, 5) is 3.79. The molecule has 0 aromatic carbocycles. The average Bonchev–Trinajstić information content (AvgIpc) is 1.97. The Morgan fingerprint density at radius 1 is 1.55 bits per heavy atom. The molecule has 0 aliphatic carbocycles. The molecule has 0 bridgehead atoms. The van der Waals surface area contributed by atoms with Gasteiger partial charge >= 0.3 is 0 Å². The molecule has 0 radical (unpaired) electrons. The zero-order chi connectivity index (χ0) is 8.69. The van der Waals surface area contributed by atoms with Crippen LogP contribution in [0.3, 0.4) is 0 Å². The van der Waals surface area contributed by atoms with Crippen molar-refractivity contribution in [2.75, 3.05) is 6.54 Å². The Morgan fingerprint density at radius 3 is 2.64 bits per heavy atom. The molecule has 0 unspecified atom stereocenters. The summed E-state index contributed by atoms with van der Waals surface area (Å²) >= 11 is 11.0. The molecule has 0 atom stereocenters. The lowest BCUT2D eigenvalue weighted by Gasteiger charge is -1.91. The third kappa shape index (κ3) is 7.69. The van der Waals surface area contributed by atoms with E-state index in [0.717, 1.165) is 17.9 Å². The fourth-order valence-corrected chi connectivity index (χ4v) is 0.730. The van der Waals surface area contributed by atoms with E-state index in [9.17, 15) is 0 Å². The standard InChI is InChI=1S/C7H12Cl2N2/c1-2-6(8)4-3-5-11-7(9)10/h4H,2-3,5H2,1H3,(H2,10,11)/b6-4+. The SMILES string of the molecule is CC/C(Cl)=C\CCN=C(N)Cl. The Labute approximate surface area is 77.1 Å². The average molecular weight is 195 g/mol. The van der Waals surface area contributed by atoms with Gasteiger partial charge in [0.25, 0.3) is 0 Å². The van der Waals surface area contributed by atoms with Crippen molar-refractivity contribution in [2.45, 2.75) is 19.8 Å². The number of rotatable bonds is 4. The van der Waals surface area contributed by atoms with Crippen molar-refractivity contribution in [3.8, 4) is 0 Å². The van der Waals surface area contributed by atoms with Gasteiger partial charge in [-0.25, -0.2) is 0 Å². The Bertz CT molecular complexity index is 160. The van der Waals surface area contributed by atoms with Gasteiger partial charge in [-0.2, -0.15) is 0 Å². The number of hydrogen-bond donors (Lipinski definition) is 1. The van der Waals surface area contributed by atoms with Gasteiger partial charge in [0.1, 0.15) is 0 Å². The fraction of sp³-hybridized carbons (Fsp3) is 0.571. The van der Waals surface area contributed by atoms with E-state index in [0.29, 0.717) is 6.54 Å². The van der Waals surface area contributed by atoms with Crippen LogP contribution in [0.5, 0.6) is 0 Å². The molecule has 0 rings (SSSR count). The minimum atomic E-state index is 0.103. The van der Waals surface area contributed by atoms with Crippen LogP contribution in [-0.4, -0.2) is 11.8 Å². The van der Waals surface area contributed by atoms with Gasteiger partial charge in [-0.1, -0.05) is 24.6 Å². The highest BCUT2D eigenvalue weighted by atomic mass is 35.5. The van der Waals surface area contributed by atoms with Gasteiger partial charge in [-0.05, 0) is 24.4 Å². The predicted molar refractivity (Wildman–Crippen MR) is 51.2 cm³/mol. The molecular weight excluding hydrogens is 183 g/mol. The summed E-state index contributed by atoms with van der Waals surface area (Å²) in [6.07, 6.45) is 3.58. The fourth-order valence-electron chi connectivity index (χ4n) is 0.537. The highest BCUT2D eigenvalue weighted by molar-refractivity contribution is 6.64. The quantitative estimate of drug-likeness (QED) is 0.318. The molecule has 4 heteroatoms. The highest BCUT2D eigenvalue weighted by Crippen LogP contribution is 2.06. The second kappa shape index (κ2) is 6.50. The first-order valence-corrected chi connectivity index (χ1v) is 4.22. The maximum Gasteiger partial charge on any atom is 0.188 e. The molecule has 0 aliphatic heterocycles. The molecule has 2 N–H and O–H groups in total. The van der Waals surface area contributed by atoms with E-state index in [4.69, 9.17) is 28.9 Å². The maximum atomic E-state index is 5.73. The smallest absolute Gasteiger partial charge is 0.188 e. The molecule has 11 heavy (non-hydrogen) atoms. The van der Waals surface area contributed by atoms with Crippen LogP contribution in [0.4, 0.5) is 0 Å². The molecular formula is C7H12Cl2N2.